The Morgan fingerprint density at radius 2 is 0.857 bits per heavy atom. The van der Waals surface area contributed by atoms with E-state index in [1.807, 2.05) is 72.8 Å². The average Bonchev–Trinajstić information content (AvgIpc) is 3.60. The fourth-order valence-corrected chi connectivity index (χ4v) is 6.59. The van der Waals surface area contributed by atoms with E-state index in [4.69, 9.17) is 20.1 Å². The van der Waals surface area contributed by atoms with Gasteiger partial charge in [-0.3, -0.25) is 0 Å². The molecule has 9 aromatic rings. The zero-order valence-electron chi connectivity index (χ0n) is 26.5. The average molecular weight is 628 g/mol. The summed E-state index contributed by atoms with van der Waals surface area (Å²) >= 11 is 0. The molecule has 2 heterocycles. The summed E-state index contributed by atoms with van der Waals surface area (Å²) in [4.78, 5) is 15.2. The molecule has 0 aliphatic heterocycles. The van der Waals surface area contributed by atoms with E-state index in [1.165, 1.54) is 0 Å². The third-order valence-corrected chi connectivity index (χ3v) is 8.88. The predicted octanol–water partition coefficient (Wildman–Crippen LogP) is 10.7. The van der Waals surface area contributed by atoms with E-state index >= 15 is 0 Å². The normalized spacial score (nSPS) is 11.3. The van der Waals surface area contributed by atoms with Crippen molar-refractivity contribution in [3.05, 3.63) is 176 Å². The van der Waals surface area contributed by atoms with E-state index in [9.17, 15) is 0 Å². The van der Waals surface area contributed by atoms with Crippen molar-refractivity contribution < 1.29 is 0 Å². The van der Waals surface area contributed by atoms with Crippen LogP contribution in [0.4, 0.5) is 0 Å². The van der Waals surface area contributed by atoms with E-state index in [0.29, 0.717) is 17.5 Å². The standard InChI is InChI=1S/C44H29N5/c1-6-17-30(18-7-1)37-29-38-35(41-39(37)40(31-19-8-2-9-20-31)48-49(41)34-25-14-5-15-26-34)27-16-28-36(38)44-46-42(32-21-10-3-11-22-32)45-43(47-44)33-23-12-4-13-24-33/h1-29H. The van der Waals surface area contributed by atoms with Crippen LogP contribution in [0.5, 0.6) is 0 Å². The van der Waals surface area contributed by atoms with Crippen LogP contribution in [0, 0.1) is 0 Å². The number of hydrogen-bond acceptors (Lipinski definition) is 4. The zero-order chi connectivity index (χ0) is 32.6. The molecule has 9 rings (SSSR count). The summed E-state index contributed by atoms with van der Waals surface area (Å²) in [7, 11) is 0. The van der Waals surface area contributed by atoms with Crippen molar-refractivity contribution >= 4 is 21.7 Å². The second kappa shape index (κ2) is 12.1. The molecule has 5 nitrogen and oxygen atoms in total. The molecule has 0 fully saturated rings. The highest BCUT2D eigenvalue weighted by Gasteiger charge is 2.23. The smallest absolute Gasteiger partial charge is 0.164 e. The summed E-state index contributed by atoms with van der Waals surface area (Å²) in [5.41, 5.74) is 9.02. The SMILES string of the molecule is c1ccc(-c2nc(-c3ccccc3)nc(-c3cccc4c3cc(-c3ccccc3)c3c(-c5ccccc5)nn(-c5ccccc5)c34)n2)cc1. The van der Waals surface area contributed by atoms with Crippen molar-refractivity contribution in [2.45, 2.75) is 0 Å². The van der Waals surface area contributed by atoms with E-state index in [-0.39, 0.29) is 0 Å². The minimum absolute atomic E-state index is 0.616. The first kappa shape index (κ1) is 28.5. The molecule has 0 saturated carbocycles. The van der Waals surface area contributed by atoms with Gasteiger partial charge in [-0.05, 0) is 34.7 Å². The monoisotopic (exact) mass is 627 g/mol. The van der Waals surface area contributed by atoms with Crippen LogP contribution in [0.3, 0.4) is 0 Å². The van der Waals surface area contributed by atoms with Gasteiger partial charge in [-0.15, -0.1) is 0 Å². The number of fused-ring (bicyclic) bond motifs is 3. The van der Waals surface area contributed by atoms with Gasteiger partial charge in [0.25, 0.3) is 0 Å². The van der Waals surface area contributed by atoms with Crippen molar-refractivity contribution in [2.75, 3.05) is 0 Å². The van der Waals surface area contributed by atoms with Crippen molar-refractivity contribution in [1.82, 2.24) is 24.7 Å². The quantitative estimate of drug-likeness (QED) is 0.184. The Kier molecular flexibility index (Phi) is 7.06. The summed E-state index contributed by atoms with van der Waals surface area (Å²) in [5.74, 6) is 1.88. The van der Waals surface area contributed by atoms with Crippen LogP contribution in [0.15, 0.2) is 176 Å². The second-order valence-corrected chi connectivity index (χ2v) is 11.9. The lowest BCUT2D eigenvalue weighted by atomic mass is 9.92. The first-order valence-corrected chi connectivity index (χ1v) is 16.3. The molecular formula is C44H29N5. The van der Waals surface area contributed by atoms with Gasteiger partial charge in [-0.25, -0.2) is 19.6 Å². The molecule has 0 spiro atoms. The Morgan fingerprint density at radius 3 is 1.43 bits per heavy atom. The van der Waals surface area contributed by atoms with Gasteiger partial charge in [0.15, 0.2) is 17.5 Å². The topological polar surface area (TPSA) is 56.5 Å². The summed E-state index contributed by atoms with van der Waals surface area (Å²) in [5, 5.41) is 8.55. The molecule has 230 valence electrons. The van der Waals surface area contributed by atoms with Gasteiger partial charge in [-0.2, -0.15) is 5.10 Å². The molecule has 7 aromatic carbocycles. The van der Waals surface area contributed by atoms with Crippen LogP contribution < -0.4 is 0 Å². The summed E-state index contributed by atoms with van der Waals surface area (Å²) in [6.45, 7) is 0. The number of nitrogens with zero attached hydrogens (tertiary/aromatic N) is 5. The third-order valence-electron chi connectivity index (χ3n) is 8.88. The molecule has 0 saturated heterocycles. The molecule has 0 bridgehead atoms. The van der Waals surface area contributed by atoms with Gasteiger partial charge in [0.2, 0.25) is 0 Å². The molecule has 0 unspecified atom stereocenters. The molecule has 0 N–H and O–H groups in total. The Morgan fingerprint density at radius 1 is 0.367 bits per heavy atom. The number of hydrogen-bond donors (Lipinski definition) is 0. The van der Waals surface area contributed by atoms with Crippen LogP contribution in [0.2, 0.25) is 0 Å². The largest absolute Gasteiger partial charge is 0.232 e. The highest BCUT2D eigenvalue weighted by Crippen LogP contribution is 2.43. The van der Waals surface area contributed by atoms with Gasteiger partial charge in [0.1, 0.15) is 5.69 Å². The van der Waals surface area contributed by atoms with Crippen LogP contribution >= 0.6 is 0 Å². The van der Waals surface area contributed by atoms with E-state index < -0.39 is 0 Å². The molecule has 0 radical (unpaired) electrons. The highest BCUT2D eigenvalue weighted by molar-refractivity contribution is 6.19. The number of para-hydroxylation sites is 1. The van der Waals surface area contributed by atoms with Crippen LogP contribution in [0.1, 0.15) is 0 Å². The van der Waals surface area contributed by atoms with Crippen molar-refractivity contribution in [2.24, 2.45) is 0 Å². The molecular weight excluding hydrogens is 599 g/mol. The Hall–Kier alpha value is -6.72. The molecule has 49 heavy (non-hydrogen) atoms. The molecule has 2 aromatic heterocycles. The van der Waals surface area contributed by atoms with Gasteiger partial charge in [0, 0.05) is 33.0 Å². The Balaban J connectivity index is 1.41. The minimum Gasteiger partial charge on any atom is -0.232 e. The van der Waals surface area contributed by atoms with Crippen LogP contribution in [-0.2, 0) is 0 Å². The summed E-state index contributed by atoms with van der Waals surface area (Å²) in [6.07, 6.45) is 0. The fourth-order valence-electron chi connectivity index (χ4n) is 6.59. The molecule has 0 atom stereocenters. The number of rotatable bonds is 6. The lowest BCUT2D eigenvalue weighted by molar-refractivity contribution is 0.918. The number of benzene rings is 7. The maximum Gasteiger partial charge on any atom is 0.164 e. The summed E-state index contributed by atoms with van der Waals surface area (Å²) < 4.78 is 2.09. The third kappa shape index (κ3) is 5.14. The lowest BCUT2D eigenvalue weighted by Crippen LogP contribution is -2.01. The Bertz CT molecular complexity index is 2510. The Labute approximate surface area is 283 Å². The van der Waals surface area contributed by atoms with Gasteiger partial charge in [0.05, 0.1) is 11.2 Å². The van der Waals surface area contributed by atoms with Crippen LogP contribution in [-0.4, -0.2) is 24.7 Å². The van der Waals surface area contributed by atoms with Gasteiger partial charge in [-0.1, -0.05) is 158 Å². The predicted molar refractivity (Wildman–Crippen MR) is 199 cm³/mol. The maximum atomic E-state index is 5.35. The van der Waals surface area contributed by atoms with Gasteiger partial charge < -0.3 is 0 Å². The van der Waals surface area contributed by atoms with E-state index in [1.54, 1.807) is 0 Å². The van der Waals surface area contributed by atoms with E-state index in [0.717, 1.165) is 66.4 Å². The van der Waals surface area contributed by atoms with Crippen molar-refractivity contribution in [3.63, 3.8) is 0 Å². The van der Waals surface area contributed by atoms with E-state index in [2.05, 4.69) is 108 Å². The maximum absolute atomic E-state index is 5.35. The van der Waals surface area contributed by atoms with Crippen molar-refractivity contribution in [3.8, 4) is 62.2 Å². The first-order chi connectivity index (χ1) is 24.3. The zero-order valence-corrected chi connectivity index (χ0v) is 26.5. The molecule has 5 heteroatoms. The molecule has 0 amide bonds. The highest BCUT2D eigenvalue weighted by atomic mass is 15.3. The minimum atomic E-state index is 0.616. The fraction of sp³-hybridized carbons (Fsp3) is 0. The first-order valence-electron chi connectivity index (χ1n) is 16.3. The molecule has 0 aliphatic rings. The lowest BCUT2D eigenvalue weighted by Gasteiger charge is -2.14. The molecule has 0 aliphatic carbocycles. The van der Waals surface area contributed by atoms with Crippen LogP contribution in [0.25, 0.3) is 83.9 Å². The number of aromatic nitrogens is 5. The second-order valence-electron chi connectivity index (χ2n) is 11.9. The van der Waals surface area contributed by atoms with Gasteiger partial charge >= 0.3 is 0 Å². The van der Waals surface area contributed by atoms with Crippen molar-refractivity contribution in [1.29, 1.82) is 0 Å². The summed E-state index contributed by atoms with van der Waals surface area (Å²) in [6, 6.07) is 60.3.